The van der Waals surface area contributed by atoms with Crippen molar-refractivity contribution in [2.24, 2.45) is 0 Å². The Labute approximate surface area is 125 Å². The number of hydrogen-bond acceptors (Lipinski definition) is 3. The average molecular weight is 336 g/mol. The summed E-state index contributed by atoms with van der Waals surface area (Å²) in [5.74, 6) is 0.771. The number of aryl methyl sites for hydroxylation is 2. The van der Waals surface area contributed by atoms with Crippen molar-refractivity contribution in [2.75, 3.05) is 0 Å². The molecule has 0 atom stereocenters. The second kappa shape index (κ2) is 6.05. The number of nitro benzene ring substituents is 1. The summed E-state index contributed by atoms with van der Waals surface area (Å²) in [6, 6.07) is 10.9. The zero-order valence-electron chi connectivity index (χ0n) is 11.2. The van der Waals surface area contributed by atoms with Gasteiger partial charge in [0, 0.05) is 6.07 Å². The number of benzene rings is 2. The first-order valence-corrected chi connectivity index (χ1v) is 6.89. The van der Waals surface area contributed by atoms with Crippen LogP contribution in [0.3, 0.4) is 0 Å². The predicted molar refractivity (Wildman–Crippen MR) is 81.0 cm³/mol. The van der Waals surface area contributed by atoms with Gasteiger partial charge in [-0.2, -0.15) is 0 Å². The zero-order chi connectivity index (χ0) is 14.7. The lowest BCUT2D eigenvalue weighted by atomic mass is 10.1. The lowest BCUT2D eigenvalue weighted by molar-refractivity contribution is -0.385. The predicted octanol–water partition coefficient (Wildman–Crippen LogP) is 4.55. The Morgan fingerprint density at radius 1 is 1.15 bits per heavy atom. The van der Waals surface area contributed by atoms with E-state index in [1.54, 1.807) is 12.1 Å². The van der Waals surface area contributed by atoms with Crippen LogP contribution in [0.15, 0.2) is 40.9 Å². The van der Waals surface area contributed by atoms with Gasteiger partial charge in [0.05, 0.1) is 9.40 Å². The molecule has 0 unspecified atom stereocenters. The minimum absolute atomic E-state index is 0.0477. The minimum Gasteiger partial charge on any atom is -0.489 e. The second-order valence-electron chi connectivity index (χ2n) is 4.65. The van der Waals surface area contributed by atoms with E-state index < -0.39 is 4.92 Å². The van der Waals surface area contributed by atoms with E-state index in [0.717, 1.165) is 22.4 Å². The molecule has 2 rings (SSSR count). The molecule has 0 radical (unpaired) electrons. The van der Waals surface area contributed by atoms with E-state index in [1.807, 2.05) is 26.0 Å². The summed E-state index contributed by atoms with van der Waals surface area (Å²) in [6.07, 6.45) is 0. The van der Waals surface area contributed by atoms with Crippen molar-refractivity contribution in [2.45, 2.75) is 20.5 Å². The van der Waals surface area contributed by atoms with Gasteiger partial charge in [-0.3, -0.25) is 10.1 Å². The first kappa shape index (κ1) is 14.5. The third-order valence-corrected chi connectivity index (χ3v) is 3.48. The Morgan fingerprint density at radius 2 is 1.80 bits per heavy atom. The molecular formula is C15H14BrNO3. The monoisotopic (exact) mass is 335 g/mol. The second-order valence-corrected chi connectivity index (χ2v) is 5.51. The van der Waals surface area contributed by atoms with Crippen molar-refractivity contribution in [3.63, 3.8) is 0 Å². The number of ether oxygens (including phenoxy) is 1. The Morgan fingerprint density at radius 3 is 2.40 bits per heavy atom. The molecule has 104 valence electrons. The number of nitrogens with zero attached hydrogens (tertiary/aromatic N) is 1. The van der Waals surface area contributed by atoms with Crippen molar-refractivity contribution in [3.05, 3.63) is 67.7 Å². The van der Waals surface area contributed by atoms with Crippen molar-refractivity contribution in [1.29, 1.82) is 0 Å². The van der Waals surface area contributed by atoms with Crippen LogP contribution in [0.4, 0.5) is 5.69 Å². The summed E-state index contributed by atoms with van der Waals surface area (Å²) in [4.78, 5) is 10.5. The molecule has 0 amide bonds. The van der Waals surface area contributed by atoms with Crippen LogP contribution in [0.2, 0.25) is 0 Å². The molecule has 0 bridgehead atoms. The van der Waals surface area contributed by atoms with Gasteiger partial charge in [-0.15, -0.1) is 0 Å². The quantitative estimate of drug-likeness (QED) is 0.608. The molecule has 0 N–H and O–H groups in total. The minimum atomic E-state index is -0.412. The van der Waals surface area contributed by atoms with Gasteiger partial charge in [0.1, 0.15) is 12.4 Å². The van der Waals surface area contributed by atoms with Gasteiger partial charge in [-0.05, 0) is 64.7 Å². The Bertz CT molecular complexity index is 635. The van der Waals surface area contributed by atoms with Gasteiger partial charge in [0.25, 0.3) is 5.69 Å². The summed E-state index contributed by atoms with van der Waals surface area (Å²) in [5.41, 5.74) is 3.06. The van der Waals surface area contributed by atoms with E-state index >= 15 is 0 Å². The van der Waals surface area contributed by atoms with Crippen molar-refractivity contribution in [3.8, 4) is 5.75 Å². The van der Waals surface area contributed by atoms with Gasteiger partial charge in [0.2, 0.25) is 0 Å². The molecule has 0 aliphatic carbocycles. The van der Waals surface area contributed by atoms with Crippen LogP contribution in [0.25, 0.3) is 0 Å². The van der Waals surface area contributed by atoms with E-state index in [1.165, 1.54) is 6.07 Å². The Kier molecular flexibility index (Phi) is 4.39. The third kappa shape index (κ3) is 3.57. The molecule has 0 aromatic heterocycles. The molecule has 0 saturated heterocycles. The molecule has 20 heavy (non-hydrogen) atoms. The molecule has 4 nitrogen and oxygen atoms in total. The molecule has 0 fully saturated rings. The molecule has 0 saturated carbocycles. The first-order valence-electron chi connectivity index (χ1n) is 6.09. The third-order valence-electron chi connectivity index (χ3n) is 2.81. The number of nitro groups is 1. The van der Waals surface area contributed by atoms with Crippen LogP contribution in [0.1, 0.15) is 16.7 Å². The van der Waals surface area contributed by atoms with Gasteiger partial charge in [0.15, 0.2) is 0 Å². The molecule has 0 aliphatic rings. The Hall–Kier alpha value is -1.88. The van der Waals surface area contributed by atoms with E-state index in [9.17, 15) is 10.1 Å². The van der Waals surface area contributed by atoms with Gasteiger partial charge < -0.3 is 4.74 Å². The lowest BCUT2D eigenvalue weighted by Crippen LogP contribution is -1.98. The molecule has 5 heteroatoms. The van der Waals surface area contributed by atoms with E-state index in [2.05, 4.69) is 22.0 Å². The van der Waals surface area contributed by atoms with Crippen LogP contribution < -0.4 is 4.74 Å². The van der Waals surface area contributed by atoms with Gasteiger partial charge >= 0.3 is 0 Å². The molecule has 2 aromatic carbocycles. The fourth-order valence-corrected chi connectivity index (χ4v) is 2.36. The van der Waals surface area contributed by atoms with Crippen molar-refractivity contribution < 1.29 is 9.66 Å². The van der Waals surface area contributed by atoms with Crippen molar-refractivity contribution >= 4 is 21.6 Å². The van der Waals surface area contributed by atoms with Gasteiger partial charge in [-0.1, -0.05) is 12.1 Å². The standard InChI is InChI=1S/C15H14BrNO3/c1-10-5-11(2)7-13(6-10)20-9-12-3-4-14(16)15(8-12)17(18)19/h3-8H,9H2,1-2H3. The van der Waals surface area contributed by atoms with Gasteiger partial charge in [-0.25, -0.2) is 0 Å². The summed E-state index contributed by atoms with van der Waals surface area (Å²) in [7, 11) is 0. The molecule has 0 aliphatic heterocycles. The van der Waals surface area contributed by atoms with Crippen LogP contribution in [0.5, 0.6) is 5.75 Å². The zero-order valence-corrected chi connectivity index (χ0v) is 12.8. The maximum Gasteiger partial charge on any atom is 0.283 e. The summed E-state index contributed by atoms with van der Waals surface area (Å²) in [6.45, 7) is 4.31. The maximum absolute atomic E-state index is 10.9. The molecule has 2 aromatic rings. The number of hydrogen-bond donors (Lipinski definition) is 0. The topological polar surface area (TPSA) is 52.4 Å². The van der Waals surface area contributed by atoms with E-state index in [-0.39, 0.29) is 5.69 Å². The number of rotatable bonds is 4. The highest BCUT2D eigenvalue weighted by Crippen LogP contribution is 2.26. The van der Waals surface area contributed by atoms with Crippen LogP contribution >= 0.6 is 15.9 Å². The van der Waals surface area contributed by atoms with Crippen LogP contribution in [-0.4, -0.2) is 4.92 Å². The van der Waals surface area contributed by atoms with Crippen molar-refractivity contribution in [1.82, 2.24) is 0 Å². The normalized spacial score (nSPS) is 10.3. The summed E-state index contributed by atoms with van der Waals surface area (Å²) < 4.78 is 6.16. The lowest BCUT2D eigenvalue weighted by Gasteiger charge is -2.08. The SMILES string of the molecule is Cc1cc(C)cc(OCc2ccc(Br)c([N+](=O)[O-])c2)c1. The van der Waals surface area contributed by atoms with Crippen LogP contribution in [0, 0.1) is 24.0 Å². The average Bonchev–Trinajstić information content (AvgIpc) is 2.36. The van der Waals surface area contributed by atoms with E-state index in [0.29, 0.717) is 11.1 Å². The fourth-order valence-electron chi connectivity index (χ4n) is 1.97. The number of halogens is 1. The van der Waals surface area contributed by atoms with E-state index in [4.69, 9.17) is 4.74 Å². The Balaban J connectivity index is 2.14. The highest BCUT2D eigenvalue weighted by Gasteiger charge is 2.12. The summed E-state index contributed by atoms with van der Waals surface area (Å²) in [5, 5.41) is 10.9. The van der Waals surface area contributed by atoms with Crippen LogP contribution in [-0.2, 0) is 6.61 Å². The molecule has 0 heterocycles. The molecular weight excluding hydrogens is 322 g/mol. The maximum atomic E-state index is 10.9. The smallest absolute Gasteiger partial charge is 0.283 e. The first-order chi connectivity index (χ1) is 9.45. The molecule has 0 spiro atoms. The summed E-state index contributed by atoms with van der Waals surface area (Å²) >= 11 is 3.16. The largest absolute Gasteiger partial charge is 0.489 e. The highest BCUT2D eigenvalue weighted by atomic mass is 79.9. The highest BCUT2D eigenvalue weighted by molar-refractivity contribution is 9.10. The fraction of sp³-hybridized carbons (Fsp3) is 0.200.